The fourth-order valence-electron chi connectivity index (χ4n) is 2.00. The van der Waals surface area contributed by atoms with Gasteiger partial charge in [-0.25, -0.2) is 0 Å². The van der Waals surface area contributed by atoms with E-state index in [4.69, 9.17) is 5.73 Å². The maximum atomic E-state index is 6.29. The number of halogens is 1. The van der Waals surface area contributed by atoms with Gasteiger partial charge >= 0.3 is 0 Å². The number of thioether (sulfide) groups is 1. The van der Waals surface area contributed by atoms with Gasteiger partial charge in [-0.3, -0.25) is 0 Å². The van der Waals surface area contributed by atoms with Gasteiger partial charge in [-0.15, -0.1) is 11.8 Å². The van der Waals surface area contributed by atoms with E-state index in [1.807, 2.05) is 23.9 Å². The lowest BCUT2D eigenvalue weighted by Crippen LogP contribution is -2.13. The Labute approximate surface area is 127 Å². The fourth-order valence-corrected chi connectivity index (χ4v) is 3.11. The van der Waals surface area contributed by atoms with E-state index in [0.29, 0.717) is 0 Å². The molecule has 100 valence electrons. The molecule has 2 aromatic rings. The first-order valence-corrected chi connectivity index (χ1v) is 8.20. The van der Waals surface area contributed by atoms with Crippen LogP contribution in [0.25, 0.3) is 0 Å². The summed E-state index contributed by atoms with van der Waals surface area (Å²) in [7, 11) is 0. The highest BCUT2D eigenvalue weighted by molar-refractivity contribution is 9.10. The second-order valence-corrected chi connectivity index (χ2v) is 6.60. The molecule has 0 bridgehead atoms. The molecule has 0 saturated heterocycles. The van der Waals surface area contributed by atoms with Crippen LogP contribution < -0.4 is 5.73 Å². The van der Waals surface area contributed by atoms with Crippen LogP contribution in [0.15, 0.2) is 57.9 Å². The Morgan fingerprint density at radius 1 is 1.11 bits per heavy atom. The molecule has 0 aromatic heterocycles. The van der Waals surface area contributed by atoms with Crippen LogP contribution >= 0.6 is 27.7 Å². The molecule has 0 radical (unpaired) electrons. The molecule has 0 saturated carbocycles. The molecule has 1 unspecified atom stereocenters. The molecule has 1 nitrogen and oxygen atoms in total. The van der Waals surface area contributed by atoms with Gasteiger partial charge in [0.15, 0.2) is 0 Å². The van der Waals surface area contributed by atoms with Crippen LogP contribution in [-0.2, 0) is 6.42 Å². The Morgan fingerprint density at radius 3 is 2.42 bits per heavy atom. The van der Waals surface area contributed by atoms with Crippen molar-refractivity contribution >= 4 is 27.7 Å². The van der Waals surface area contributed by atoms with E-state index in [1.54, 1.807) is 0 Å². The predicted molar refractivity (Wildman–Crippen MR) is 87.6 cm³/mol. The topological polar surface area (TPSA) is 26.0 Å². The van der Waals surface area contributed by atoms with Crippen LogP contribution in [0.1, 0.15) is 24.1 Å². The second kappa shape index (κ2) is 7.13. The van der Waals surface area contributed by atoms with Crippen molar-refractivity contribution in [2.75, 3.05) is 5.75 Å². The third-order valence-corrected chi connectivity index (χ3v) is 4.68. The molecule has 3 heteroatoms. The van der Waals surface area contributed by atoms with Gasteiger partial charge < -0.3 is 5.73 Å². The predicted octanol–water partition coefficient (Wildman–Crippen LogP) is 4.80. The van der Waals surface area contributed by atoms with E-state index in [2.05, 4.69) is 59.3 Å². The van der Waals surface area contributed by atoms with E-state index >= 15 is 0 Å². The average Bonchev–Trinajstić information content (AvgIpc) is 2.42. The Hall–Kier alpha value is -0.770. The fraction of sp³-hybridized carbons (Fsp3) is 0.250. The molecule has 0 aliphatic rings. The maximum absolute atomic E-state index is 6.29. The molecule has 0 fully saturated rings. The number of benzene rings is 2. The minimum atomic E-state index is 0.0411. The molecular formula is C16H18BrNS. The first-order chi connectivity index (χ1) is 9.20. The normalized spacial score (nSPS) is 12.4. The van der Waals surface area contributed by atoms with Gasteiger partial charge in [0.2, 0.25) is 0 Å². The lowest BCUT2D eigenvalue weighted by molar-refractivity contribution is 0.719. The van der Waals surface area contributed by atoms with Gasteiger partial charge in [0, 0.05) is 15.4 Å². The molecule has 2 aromatic carbocycles. The van der Waals surface area contributed by atoms with Gasteiger partial charge in [-0.1, -0.05) is 53.2 Å². The zero-order valence-electron chi connectivity index (χ0n) is 11.0. The van der Waals surface area contributed by atoms with E-state index in [9.17, 15) is 0 Å². The highest BCUT2D eigenvalue weighted by atomic mass is 79.9. The average molecular weight is 336 g/mol. The third-order valence-electron chi connectivity index (χ3n) is 3.02. The minimum Gasteiger partial charge on any atom is -0.324 e. The summed E-state index contributed by atoms with van der Waals surface area (Å²) in [6, 6.07) is 16.9. The zero-order chi connectivity index (χ0) is 13.7. The number of hydrogen-bond donors (Lipinski definition) is 1. The van der Waals surface area contributed by atoms with Crippen LogP contribution in [0.3, 0.4) is 0 Å². The first-order valence-electron chi connectivity index (χ1n) is 6.42. The van der Waals surface area contributed by atoms with Crippen LogP contribution in [0, 0.1) is 0 Å². The van der Waals surface area contributed by atoms with Crippen molar-refractivity contribution in [2.45, 2.75) is 24.3 Å². The summed E-state index contributed by atoms with van der Waals surface area (Å²) >= 11 is 5.42. The van der Waals surface area contributed by atoms with Crippen molar-refractivity contribution in [3.63, 3.8) is 0 Å². The molecule has 0 heterocycles. The summed E-state index contributed by atoms with van der Waals surface area (Å²) in [4.78, 5) is 1.30. The molecule has 0 spiro atoms. The summed E-state index contributed by atoms with van der Waals surface area (Å²) in [5.41, 5.74) is 8.74. The number of nitrogens with two attached hydrogens (primary N) is 1. The first kappa shape index (κ1) is 14.6. The standard InChI is InChI=1S/C16H18BrNS/c1-2-19-14-9-7-12(8-10-14)16(18)11-13-5-3-4-6-15(13)17/h3-10,16H,2,11,18H2,1H3. The Balaban J connectivity index is 2.07. The summed E-state index contributed by atoms with van der Waals surface area (Å²) in [6.07, 6.45) is 0.849. The van der Waals surface area contributed by atoms with E-state index in [1.165, 1.54) is 16.0 Å². The van der Waals surface area contributed by atoms with Crippen LogP contribution in [0.5, 0.6) is 0 Å². The molecule has 0 aliphatic carbocycles. The second-order valence-electron chi connectivity index (χ2n) is 4.40. The molecule has 19 heavy (non-hydrogen) atoms. The van der Waals surface area contributed by atoms with Crippen LogP contribution in [-0.4, -0.2) is 5.75 Å². The number of hydrogen-bond acceptors (Lipinski definition) is 2. The van der Waals surface area contributed by atoms with Crippen molar-refractivity contribution < 1.29 is 0 Å². The summed E-state index contributed by atoms with van der Waals surface area (Å²) in [5, 5.41) is 0. The molecule has 2 rings (SSSR count). The molecule has 2 N–H and O–H groups in total. The van der Waals surface area contributed by atoms with Gasteiger partial charge in [-0.05, 0) is 41.5 Å². The lowest BCUT2D eigenvalue weighted by atomic mass is 10.00. The molecule has 0 aliphatic heterocycles. The van der Waals surface area contributed by atoms with Gasteiger partial charge in [0.1, 0.15) is 0 Å². The maximum Gasteiger partial charge on any atom is 0.0336 e. The van der Waals surface area contributed by atoms with E-state index in [-0.39, 0.29) is 6.04 Å². The Morgan fingerprint density at radius 2 is 1.79 bits per heavy atom. The van der Waals surface area contributed by atoms with Crippen molar-refractivity contribution in [1.29, 1.82) is 0 Å². The highest BCUT2D eigenvalue weighted by Crippen LogP contribution is 2.24. The van der Waals surface area contributed by atoms with Crippen molar-refractivity contribution in [3.8, 4) is 0 Å². The van der Waals surface area contributed by atoms with Crippen molar-refractivity contribution in [1.82, 2.24) is 0 Å². The molecule has 0 amide bonds. The van der Waals surface area contributed by atoms with E-state index in [0.717, 1.165) is 16.6 Å². The Bertz CT molecular complexity index is 525. The van der Waals surface area contributed by atoms with E-state index < -0.39 is 0 Å². The smallest absolute Gasteiger partial charge is 0.0336 e. The van der Waals surface area contributed by atoms with Crippen molar-refractivity contribution in [2.24, 2.45) is 5.73 Å². The third kappa shape index (κ3) is 4.10. The summed E-state index contributed by atoms with van der Waals surface area (Å²) < 4.78 is 1.13. The van der Waals surface area contributed by atoms with Gasteiger partial charge in [0.05, 0.1) is 0 Å². The quantitative estimate of drug-likeness (QED) is 0.794. The van der Waals surface area contributed by atoms with Gasteiger partial charge in [0.25, 0.3) is 0 Å². The SMILES string of the molecule is CCSc1ccc(C(N)Cc2ccccc2Br)cc1. The monoisotopic (exact) mass is 335 g/mol. The summed E-state index contributed by atoms with van der Waals surface area (Å²) in [6.45, 7) is 2.16. The van der Waals surface area contributed by atoms with Crippen LogP contribution in [0.2, 0.25) is 0 Å². The highest BCUT2D eigenvalue weighted by Gasteiger charge is 2.09. The van der Waals surface area contributed by atoms with Crippen molar-refractivity contribution in [3.05, 3.63) is 64.1 Å². The summed E-state index contributed by atoms with van der Waals surface area (Å²) in [5.74, 6) is 1.10. The Kier molecular flexibility index (Phi) is 5.49. The largest absolute Gasteiger partial charge is 0.324 e. The lowest BCUT2D eigenvalue weighted by Gasteiger charge is -2.13. The zero-order valence-corrected chi connectivity index (χ0v) is 13.4. The van der Waals surface area contributed by atoms with Crippen LogP contribution in [0.4, 0.5) is 0 Å². The van der Waals surface area contributed by atoms with Gasteiger partial charge in [-0.2, -0.15) is 0 Å². The molecular weight excluding hydrogens is 318 g/mol. The minimum absolute atomic E-state index is 0.0411. The molecule has 1 atom stereocenters. The number of rotatable bonds is 5.